The van der Waals surface area contributed by atoms with Crippen LogP contribution in [0.25, 0.3) is 10.9 Å². The quantitative estimate of drug-likeness (QED) is 0.936. The van der Waals surface area contributed by atoms with E-state index >= 15 is 0 Å². The van der Waals surface area contributed by atoms with Crippen molar-refractivity contribution in [1.82, 2.24) is 9.47 Å². The van der Waals surface area contributed by atoms with Crippen molar-refractivity contribution < 1.29 is 0 Å². The summed E-state index contributed by atoms with van der Waals surface area (Å²) in [6.45, 7) is 3.47. The molecule has 21 heavy (non-hydrogen) atoms. The fraction of sp³-hybridized carbons (Fsp3) is 0.375. The molecule has 5 heteroatoms. The van der Waals surface area contributed by atoms with E-state index in [-0.39, 0.29) is 5.56 Å². The summed E-state index contributed by atoms with van der Waals surface area (Å²) in [6.07, 6.45) is 0.619. The fourth-order valence-electron chi connectivity index (χ4n) is 2.72. The van der Waals surface area contributed by atoms with Crippen LogP contribution >= 0.6 is 0 Å². The molecule has 0 unspecified atom stereocenters. The second kappa shape index (κ2) is 5.33. The molecule has 0 aliphatic carbocycles. The number of aromatic nitrogens is 1. The smallest absolute Gasteiger partial charge is 0.256 e. The van der Waals surface area contributed by atoms with Gasteiger partial charge in [0.05, 0.1) is 11.2 Å². The highest BCUT2D eigenvalue weighted by molar-refractivity contribution is 5.98. The van der Waals surface area contributed by atoms with Gasteiger partial charge in [-0.2, -0.15) is 5.10 Å². The van der Waals surface area contributed by atoms with E-state index in [0.717, 1.165) is 34.4 Å². The van der Waals surface area contributed by atoms with Gasteiger partial charge >= 0.3 is 0 Å². The molecular weight excluding hydrogens is 264 g/mol. The van der Waals surface area contributed by atoms with Gasteiger partial charge in [0.15, 0.2) is 0 Å². The number of rotatable bonds is 3. The van der Waals surface area contributed by atoms with Gasteiger partial charge in [0.25, 0.3) is 5.56 Å². The highest BCUT2D eigenvalue weighted by atomic mass is 16.1. The fourth-order valence-corrected chi connectivity index (χ4v) is 2.72. The summed E-state index contributed by atoms with van der Waals surface area (Å²) in [6, 6.07) is 8.01. The molecule has 1 aromatic heterocycles. The van der Waals surface area contributed by atoms with E-state index in [1.54, 1.807) is 0 Å². The third-order valence-corrected chi connectivity index (χ3v) is 3.83. The van der Waals surface area contributed by atoms with Gasteiger partial charge in [-0.3, -0.25) is 10.2 Å². The van der Waals surface area contributed by atoms with Crippen LogP contribution in [0, 0.1) is 0 Å². The first-order valence-electron chi connectivity index (χ1n) is 7.16. The van der Waals surface area contributed by atoms with E-state index in [9.17, 15) is 4.79 Å². The molecule has 1 N–H and O–H groups in total. The Balaban J connectivity index is 2.23. The van der Waals surface area contributed by atoms with Gasteiger partial charge in [0.1, 0.15) is 0 Å². The minimum Gasteiger partial charge on any atom is -0.308 e. The SMILES string of the molecule is CC1=NNc2c(c(=O)n(CCN(C)C)c3ccccc23)C1. The molecule has 0 radical (unpaired) electrons. The van der Waals surface area contributed by atoms with Crippen molar-refractivity contribution in [2.75, 3.05) is 26.1 Å². The molecule has 0 fully saturated rings. The Bertz CT molecular complexity index is 774. The predicted molar refractivity (Wildman–Crippen MR) is 87.2 cm³/mol. The molecule has 1 aliphatic heterocycles. The van der Waals surface area contributed by atoms with E-state index in [0.29, 0.717) is 13.0 Å². The Morgan fingerprint density at radius 3 is 2.86 bits per heavy atom. The lowest BCUT2D eigenvalue weighted by Gasteiger charge is -2.21. The maximum absolute atomic E-state index is 12.8. The molecule has 2 aromatic rings. The highest BCUT2D eigenvalue weighted by Crippen LogP contribution is 2.27. The predicted octanol–water partition coefficient (Wildman–Crippen LogP) is 1.91. The van der Waals surface area contributed by atoms with E-state index in [1.807, 2.05) is 49.9 Å². The van der Waals surface area contributed by atoms with Gasteiger partial charge in [-0.15, -0.1) is 0 Å². The average molecular weight is 284 g/mol. The molecule has 3 rings (SSSR count). The number of hydrogen-bond acceptors (Lipinski definition) is 4. The van der Waals surface area contributed by atoms with Crippen LogP contribution in [0.15, 0.2) is 34.2 Å². The monoisotopic (exact) mass is 284 g/mol. The van der Waals surface area contributed by atoms with Gasteiger partial charge in [-0.25, -0.2) is 0 Å². The summed E-state index contributed by atoms with van der Waals surface area (Å²) < 4.78 is 1.88. The first-order chi connectivity index (χ1) is 10.1. The number of likely N-dealkylation sites (N-methyl/N-ethyl adjacent to an activating group) is 1. The topological polar surface area (TPSA) is 49.6 Å². The molecule has 5 nitrogen and oxygen atoms in total. The minimum absolute atomic E-state index is 0.0901. The lowest BCUT2D eigenvalue weighted by Crippen LogP contribution is -2.31. The van der Waals surface area contributed by atoms with Crippen molar-refractivity contribution >= 4 is 22.3 Å². The Hall–Kier alpha value is -2.14. The summed E-state index contributed by atoms with van der Waals surface area (Å²) in [5.41, 5.74) is 6.73. The zero-order chi connectivity index (χ0) is 15.0. The highest BCUT2D eigenvalue weighted by Gasteiger charge is 2.19. The number of fused-ring (bicyclic) bond motifs is 3. The first-order valence-corrected chi connectivity index (χ1v) is 7.16. The van der Waals surface area contributed by atoms with Crippen LogP contribution in [0.4, 0.5) is 5.69 Å². The Morgan fingerprint density at radius 2 is 2.10 bits per heavy atom. The van der Waals surface area contributed by atoms with Gasteiger partial charge in [0.2, 0.25) is 0 Å². The Labute approximate surface area is 123 Å². The normalized spacial score (nSPS) is 14.0. The Kier molecular flexibility index (Phi) is 3.51. The third kappa shape index (κ3) is 2.45. The molecule has 0 spiro atoms. The number of hydrogen-bond donors (Lipinski definition) is 1. The lowest BCUT2D eigenvalue weighted by molar-refractivity contribution is 0.384. The van der Waals surface area contributed by atoms with Crippen LogP contribution in [0.1, 0.15) is 12.5 Å². The van der Waals surface area contributed by atoms with Gasteiger partial charge in [-0.1, -0.05) is 18.2 Å². The Morgan fingerprint density at radius 1 is 1.33 bits per heavy atom. The molecule has 1 aromatic carbocycles. The van der Waals surface area contributed by atoms with E-state index in [4.69, 9.17) is 0 Å². The summed E-state index contributed by atoms with van der Waals surface area (Å²) >= 11 is 0. The van der Waals surface area contributed by atoms with Crippen molar-refractivity contribution in [2.45, 2.75) is 19.9 Å². The molecule has 110 valence electrons. The number of para-hydroxylation sites is 1. The summed E-state index contributed by atoms with van der Waals surface area (Å²) in [7, 11) is 4.04. The second-order valence-electron chi connectivity index (χ2n) is 5.77. The van der Waals surface area contributed by atoms with Gasteiger partial charge in [0, 0.05) is 36.2 Å². The molecule has 1 aliphatic rings. The van der Waals surface area contributed by atoms with E-state index in [1.165, 1.54) is 0 Å². The second-order valence-corrected chi connectivity index (χ2v) is 5.77. The minimum atomic E-state index is 0.0901. The number of nitrogens with one attached hydrogen (secondary N) is 1. The molecule has 2 heterocycles. The summed E-state index contributed by atoms with van der Waals surface area (Å²) in [4.78, 5) is 14.9. The molecular formula is C16H20N4O. The standard InChI is InChI=1S/C16H20N4O/c1-11-10-13-15(18-17-11)12-6-4-5-7-14(12)20(16(13)21)9-8-19(2)3/h4-7,18H,8-10H2,1-3H3. The third-order valence-electron chi connectivity index (χ3n) is 3.83. The van der Waals surface area contributed by atoms with Crippen LogP contribution in [0.2, 0.25) is 0 Å². The van der Waals surface area contributed by atoms with Crippen LogP contribution in [0.5, 0.6) is 0 Å². The number of nitrogens with zero attached hydrogens (tertiary/aromatic N) is 3. The molecule has 0 saturated heterocycles. The van der Waals surface area contributed by atoms with E-state index < -0.39 is 0 Å². The van der Waals surface area contributed by atoms with Crippen molar-refractivity contribution in [1.29, 1.82) is 0 Å². The summed E-state index contributed by atoms with van der Waals surface area (Å²) in [5.74, 6) is 0. The molecule has 0 saturated carbocycles. The van der Waals surface area contributed by atoms with Crippen molar-refractivity contribution in [2.24, 2.45) is 5.10 Å². The molecule has 0 atom stereocenters. The first kappa shape index (κ1) is 13.8. The maximum atomic E-state index is 12.8. The van der Waals surface area contributed by atoms with Crippen LogP contribution in [-0.4, -0.2) is 35.8 Å². The van der Waals surface area contributed by atoms with Crippen LogP contribution in [-0.2, 0) is 13.0 Å². The maximum Gasteiger partial charge on any atom is 0.256 e. The number of benzene rings is 1. The lowest BCUT2D eigenvalue weighted by atomic mass is 10.0. The van der Waals surface area contributed by atoms with Crippen molar-refractivity contribution in [3.8, 4) is 0 Å². The van der Waals surface area contributed by atoms with Crippen LogP contribution in [0.3, 0.4) is 0 Å². The summed E-state index contributed by atoms with van der Waals surface area (Å²) in [5, 5.41) is 5.33. The van der Waals surface area contributed by atoms with Crippen LogP contribution < -0.4 is 11.0 Å². The number of anilines is 1. The van der Waals surface area contributed by atoms with Gasteiger partial charge < -0.3 is 9.47 Å². The van der Waals surface area contributed by atoms with Crippen molar-refractivity contribution in [3.05, 3.63) is 40.2 Å². The largest absolute Gasteiger partial charge is 0.308 e. The number of hydrazone groups is 1. The average Bonchev–Trinajstić information content (AvgIpc) is 2.47. The van der Waals surface area contributed by atoms with Gasteiger partial charge in [-0.05, 0) is 27.1 Å². The van der Waals surface area contributed by atoms with Crippen molar-refractivity contribution in [3.63, 3.8) is 0 Å². The molecule has 0 amide bonds. The molecule has 0 bridgehead atoms. The zero-order valence-corrected chi connectivity index (χ0v) is 12.7. The number of pyridine rings is 1. The zero-order valence-electron chi connectivity index (χ0n) is 12.7. The van der Waals surface area contributed by atoms with E-state index in [2.05, 4.69) is 15.4 Å².